The SMILES string of the molecule is CCCCOB(OCCCC)/C1=C/CCCCCCCC1. The molecule has 0 aliphatic heterocycles. The second-order valence-electron chi connectivity index (χ2n) is 6.22. The normalized spacial score (nSPS) is 19.8. The Morgan fingerprint density at radius 3 is 2.05 bits per heavy atom. The van der Waals surface area contributed by atoms with Gasteiger partial charge in [0, 0.05) is 13.2 Å². The molecule has 0 N–H and O–H groups in total. The lowest BCUT2D eigenvalue weighted by atomic mass is 9.73. The fourth-order valence-corrected chi connectivity index (χ4v) is 2.72. The Morgan fingerprint density at radius 1 is 0.857 bits per heavy atom. The van der Waals surface area contributed by atoms with Gasteiger partial charge in [-0.2, -0.15) is 0 Å². The molecule has 2 nitrogen and oxygen atoms in total. The van der Waals surface area contributed by atoms with Gasteiger partial charge in [0.05, 0.1) is 0 Å². The van der Waals surface area contributed by atoms with E-state index < -0.39 is 0 Å². The molecule has 0 heterocycles. The van der Waals surface area contributed by atoms with Crippen molar-refractivity contribution < 1.29 is 9.31 Å². The maximum Gasteiger partial charge on any atom is 0.489 e. The fourth-order valence-electron chi connectivity index (χ4n) is 2.72. The van der Waals surface area contributed by atoms with Crippen LogP contribution >= 0.6 is 0 Å². The Kier molecular flexibility index (Phi) is 12.0. The second-order valence-corrected chi connectivity index (χ2v) is 6.22. The van der Waals surface area contributed by atoms with Crippen LogP contribution in [-0.2, 0) is 9.31 Å². The molecule has 0 fully saturated rings. The molecule has 1 aliphatic carbocycles. The third-order valence-corrected chi connectivity index (χ3v) is 4.16. The lowest BCUT2D eigenvalue weighted by Crippen LogP contribution is -2.27. The summed E-state index contributed by atoms with van der Waals surface area (Å²) in [5.74, 6) is 0. The first-order valence-electron chi connectivity index (χ1n) is 9.30. The van der Waals surface area contributed by atoms with Crippen molar-refractivity contribution in [3.63, 3.8) is 0 Å². The average molecular weight is 294 g/mol. The first-order valence-corrected chi connectivity index (χ1v) is 9.30. The molecule has 0 aromatic heterocycles. The molecular weight excluding hydrogens is 259 g/mol. The van der Waals surface area contributed by atoms with Crippen LogP contribution in [0, 0.1) is 0 Å². The van der Waals surface area contributed by atoms with Crippen LogP contribution in [0.3, 0.4) is 0 Å². The van der Waals surface area contributed by atoms with Gasteiger partial charge in [-0.25, -0.2) is 0 Å². The highest BCUT2D eigenvalue weighted by Gasteiger charge is 2.23. The van der Waals surface area contributed by atoms with Gasteiger partial charge in [-0.15, -0.1) is 0 Å². The molecule has 0 aromatic carbocycles. The predicted molar refractivity (Wildman–Crippen MR) is 92.5 cm³/mol. The molecule has 0 spiro atoms. The lowest BCUT2D eigenvalue weighted by Gasteiger charge is -2.19. The van der Waals surface area contributed by atoms with Crippen LogP contribution in [0.5, 0.6) is 0 Å². The van der Waals surface area contributed by atoms with E-state index >= 15 is 0 Å². The number of hydrogen-bond donors (Lipinski definition) is 0. The van der Waals surface area contributed by atoms with Gasteiger partial charge in [0.15, 0.2) is 0 Å². The van der Waals surface area contributed by atoms with Crippen LogP contribution in [0.1, 0.15) is 90.9 Å². The van der Waals surface area contributed by atoms with E-state index in [0.717, 1.165) is 32.5 Å². The molecule has 0 aromatic rings. The Hall–Kier alpha value is -0.275. The van der Waals surface area contributed by atoms with Crippen LogP contribution in [0.25, 0.3) is 0 Å². The molecule has 0 saturated heterocycles. The topological polar surface area (TPSA) is 18.5 Å². The molecule has 0 unspecified atom stereocenters. The molecule has 3 heteroatoms. The van der Waals surface area contributed by atoms with Gasteiger partial charge in [0.2, 0.25) is 0 Å². The minimum atomic E-state index is -0.0810. The highest BCUT2D eigenvalue weighted by atomic mass is 16.6. The summed E-state index contributed by atoms with van der Waals surface area (Å²) in [4.78, 5) is 0. The largest absolute Gasteiger partial charge is 0.489 e. The van der Waals surface area contributed by atoms with E-state index in [0.29, 0.717) is 0 Å². The zero-order valence-electron chi connectivity index (χ0n) is 14.4. The van der Waals surface area contributed by atoms with E-state index in [2.05, 4.69) is 19.9 Å². The van der Waals surface area contributed by atoms with Gasteiger partial charge in [0.25, 0.3) is 0 Å². The summed E-state index contributed by atoms with van der Waals surface area (Å²) in [6.07, 6.45) is 17.5. The van der Waals surface area contributed by atoms with Gasteiger partial charge in [-0.05, 0) is 37.6 Å². The van der Waals surface area contributed by atoms with Crippen molar-refractivity contribution in [1.82, 2.24) is 0 Å². The zero-order valence-corrected chi connectivity index (χ0v) is 14.4. The molecule has 0 amide bonds. The Morgan fingerprint density at radius 2 is 1.43 bits per heavy atom. The van der Waals surface area contributed by atoms with Crippen molar-refractivity contribution in [3.05, 3.63) is 11.5 Å². The van der Waals surface area contributed by atoms with Crippen molar-refractivity contribution in [1.29, 1.82) is 0 Å². The van der Waals surface area contributed by atoms with Gasteiger partial charge in [0.1, 0.15) is 0 Å². The minimum Gasteiger partial charge on any atom is -0.407 e. The van der Waals surface area contributed by atoms with E-state index in [9.17, 15) is 0 Å². The zero-order chi connectivity index (χ0) is 15.2. The molecule has 122 valence electrons. The number of rotatable bonds is 9. The maximum absolute atomic E-state index is 6.05. The molecule has 0 saturated carbocycles. The summed E-state index contributed by atoms with van der Waals surface area (Å²) >= 11 is 0. The van der Waals surface area contributed by atoms with Crippen molar-refractivity contribution in [2.24, 2.45) is 0 Å². The maximum atomic E-state index is 6.05. The number of unbranched alkanes of at least 4 members (excludes halogenated alkanes) is 2. The van der Waals surface area contributed by atoms with Crippen LogP contribution < -0.4 is 0 Å². The van der Waals surface area contributed by atoms with Crippen LogP contribution in [0.4, 0.5) is 0 Å². The van der Waals surface area contributed by atoms with E-state index in [1.165, 1.54) is 63.3 Å². The van der Waals surface area contributed by atoms with Crippen LogP contribution in [-0.4, -0.2) is 20.3 Å². The molecule has 0 atom stereocenters. The highest BCUT2D eigenvalue weighted by molar-refractivity contribution is 6.53. The fraction of sp³-hybridized carbons (Fsp3) is 0.889. The summed E-state index contributed by atoms with van der Waals surface area (Å²) in [6, 6.07) is 0. The summed E-state index contributed by atoms with van der Waals surface area (Å²) in [6.45, 7) is 6.06. The standard InChI is InChI=1S/C18H35BO2/c1-3-5-16-20-19(21-17-6-4-2)18-14-12-10-8-7-9-11-13-15-18/h14H,3-13,15-17H2,1-2H3/b18-14+. The summed E-state index contributed by atoms with van der Waals surface area (Å²) in [5, 5.41) is 0. The minimum absolute atomic E-state index is 0.0810. The van der Waals surface area contributed by atoms with Gasteiger partial charge in [-0.1, -0.05) is 64.9 Å². The molecule has 1 rings (SSSR count). The van der Waals surface area contributed by atoms with Crippen LogP contribution in [0.2, 0.25) is 0 Å². The van der Waals surface area contributed by atoms with E-state index in [1.54, 1.807) is 0 Å². The Bertz CT molecular complexity index is 256. The van der Waals surface area contributed by atoms with Crippen molar-refractivity contribution in [3.8, 4) is 0 Å². The molecular formula is C18H35BO2. The van der Waals surface area contributed by atoms with Gasteiger partial charge >= 0.3 is 7.12 Å². The Labute approximate surface area is 132 Å². The monoisotopic (exact) mass is 294 g/mol. The predicted octanol–water partition coefficient (Wildman–Crippen LogP) is 5.71. The van der Waals surface area contributed by atoms with Crippen molar-refractivity contribution in [2.75, 3.05) is 13.2 Å². The van der Waals surface area contributed by atoms with Crippen LogP contribution in [0.15, 0.2) is 11.5 Å². The third-order valence-electron chi connectivity index (χ3n) is 4.16. The van der Waals surface area contributed by atoms with Gasteiger partial charge in [-0.3, -0.25) is 0 Å². The molecule has 0 bridgehead atoms. The van der Waals surface area contributed by atoms with E-state index in [4.69, 9.17) is 9.31 Å². The third kappa shape index (κ3) is 9.36. The first-order chi connectivity index (χ1) is 10.4. The summed E-state index contributed by atoms with van der Waals surface area (Å²) in [5.41, 5.74) is 1.41. The summed E-state index contributed by atoms with van der Waals surface area (Å²) < 4.78 is 12.1. The number of hydrogen-bond acceptors (Lipinski definition) is 2. The van der Waals surface area contributed by atoms with E-state index in [1.807, 2.05) is 0 Å². The summed E-state index contributed by atoms with van der Waals surface area (Å²) in [7, 11) is -0.0810. The van der Waals surface area contributed by atoms with Gasteiger partial charge < -0.3 is 9.31 Å². The smallest absolute Gasteiger partial charge is 0.407 e. The first kappa shape index (κ1) is 18.8. The van der Waals surface area contributed by atoms with Crippen molar-refractivity contribution in [2.45, 2.75) is 90.9 Å². The highest BCUT2D eigenvalue weighted by Crippen LogP contribution is 2.20. The second kappa shape index (κ2) is 13.4. The average Bonchev–Trinajstić information content (AvgIpc) is 2.51. The van der Waals surface area contributed by atoms with E-state index in [-0.39, 0.29) is 7.12 Å². The lowest BCUT2D eigenvalue weighted by molar-refractivity contribution is 0.197. The Balaban J connectivity index is 2.54. The molecule has 1 aliphatic rings. The molecule has 0 radical (unpaired) electrons. The number of allylic oxidation sites excluding steroid dienone is 2. The molecule has 21 heavy (non-hydrogen) atoms. The quantitative estimate of drug-likeness (QED) is 0.400. The van der Waals surface area contributed by atoms with Crippen molar-refractivity contribution >= 4 is 7.12 Å².